The van der Waals surface area contributed by atoms with Gasteiger partial charge in [0.15, 0.2) is 0 Å². The minimum absolute atomic E-state index is 0.139. The summed E-state index contributed by atoms with van der Waals surface area (Å²) < 4.78 is 6.04. The predicted molar refractivity (Wildman–Crippen MR) is 144 cm³/mol. The molecule has 7 nitrogen and oxygen atoms in total. The van der Waals surface area contributed by atoms with E-state index < -0.39 is 5.97 Å². The fraction of sp³-hybridized carbons (Fsp3) is 0.429. The SMILES string of the molecule is O=C(O)c1ccc(N2CCN(CC3=C(CCCCl)CCCC3)CC2)cc1Oc1cnc2[nH]ccc2c1. The number of pyridine rings is 1. The molecule has 1 aliphatic carbocycles. The van der Waals surface area contributed by atoms with Crippen LogP contribution in [0.2, 0.25) is 0 Å². The van der Waals surface area contributed by atoms with Gasteiger partial charge < -0.3 is 19.7 Å². The van der Waals surface area contributed by atoms with Crippen LogP contribution in [-0.4, -0.2) is 64.5 Å². The summed E-state index contributed by atoms with van der Waals surface area (Å²) in [5.41, 5.74) is 5.16. The third-order valence-electron chi connectivity index (χ3n) is 7.27. The molecule has 0 saturated carbocycles. The van der Waals surface area contributed by atoms with Crippen LogP contribution in [-0.2, 0) is 0 Å². The summed E-state index contributed by atoms with van der Waals surface area (Å²) in [6.07, 6.45) is 10.7. The van der Waals surface area contributed by atoms with Crippen molar-refractivity contribution < 1.29 is 14.6 Å². The molecule has 190 valence electrons. The molecule has 5 rings (SSSR count). The van der Waals surface area contributed by atoms with Crippen LogP contribution in [0.5, 0.6) is 11.5 Å². The molecule has 3 aromatic rings. The molecule has 1 aromatic carbocycles. The molecule has 0 bridgehead atoms. The maximum Gasteiger partial charge on any atom is 0.339 e. The summed E-state index contributed by atoms with van der Waals surface area (Å²) in [7, 11) is 0. The molecular weight excluding hydrogens is 476 g/mol. The number of ether oxygens (including phenoxy) is 1. The minimum Gasteiger partial charge on any atom is -0.478 e. The van der Waals surface area contributed by atoms with Crippen molar-refractivity contribution in [3.63, 3.8) is 0 Å². The average molecular weight is 509 g/mol. The van der Waals surface area contributed by atoms with Gasteiger partial charge in [-0.05, 0) is 62.8 Å². The van der Waals surface area contributed by atoms with Crippen LogP contribution in [0.15, 0.2) is 53.9 Å². The third-order valence-corrected chi connectivity index (χ3v) is 7.54. The molecule has 0 unspecified atom stereocenters. The molecular formula is C28H33ClN4O3. The number of nitrogens with one attached hydrogen (secondary N) is 1. The van der Waals surface area contributed by atoms with Gasteiger partial charge in [0.05, 0.1) is 6.20 Å². The van der Waals surface area contributed by atoms with Gasteiger partial charge in [0, 0.05) is 61.9 Å². The van der Waals surface area contributed by atoms with Gasteiger partial charge in [0.1, 0.15) is 22.7 Å². The highest BCUT2D eigenvalue weighted by Crippen LogP contribution is 2.32. The number of benzene rings is 1. The van der Waals surface area contributed by atoms with Gasteiger partial charge in [-0.2, -0.15) is 0 Å². The van der Waals surface area contributed by atoms with Crippen molar-refractivity contribution in [2.24, 2.45) is 0 Å². The van der Waals surface area contributed by atoms with Gasteiger partial charge >= 0.3 is 5.97 Å². The number of hydrogen-bond acceptors (Lipinski definition) is 5. The summed E-state index contributed by atoms with van der Waals surface area (Å²) in [6.45, 7) is 4.82. The Hall–Kier alpha value is -3.03. The molecule has 0 amide bonds. The summed E-state index contributed by atoms with van der Waals surface area (Å²) >= 11 is 5.95. The van der Waals surface area contributed by atoms with E-state index in [1.807, 2.05) is 30.5 Å². The van der Waals surface area contributed by atoms with Crippen LogP contribution in [0.4, 0.5) is 5.69 Å². The monoisotopic (exact) mass is 508 g/mol. The lowest BCUT2D eigenvalue weighted by molar-refractivity contribution is 0.0694. The maximum atomic E-state index is 11.9. The second kappa shape index (κ2) is 11.4. The van der Waals surface area contributed by atoms with Crippen molar-refractivity contribution in [3.05, 3.63) is 59.4 Å². The highest BCUT2D eigenvalue weighted by molar-refractivity contribution is 6.17. The van der Waals surface area contributed by atoms with Crippen LogP contribution in [0, 0.1) is 0 Å². The first-order chi connectivity index (χ1) is 17.6. The van der Waals surface area contributed by atoms with Gasteiger partial charge in [0.25, 0.3) is 0 Å². The van der Waals surface area contributed by atoms with Crippen molar-refractivity contribution >= 4 is 34.3 Å². The van der Waals surface area contributed by atoms with E-state index >= 15 is 0 Å². The Kier molecular flexibility index (Phi) is 7.78. The first-order valence-corrected chi connectivity index (χ1v) is 13.4. The Labute approximate surface area is 216 Å². The van der Waals surface area contributed by atoms with E-state index in [-0.39, 0.29) is 5.56 Å². The van der Waals surface area contributed by atoms with Crippen LogP contribution >= 0.6 is 11.6 Å². The number of allylic oxidation sites excluding steroid dienone is 1. The first-order valence-electron chi connectivity index (χ1n) is 12.8. The van der Waals surface area contributed by atoms with E-state index in [1.165, 1.54) is 25.7 Å². The number of rotatable bonds is 9. The number of alkyl halides is 1. The Morgan fingerprint density at radius 2 is 1.89 bits per heavy atom. The number of anilines is 1. The fourth-order valence-electron chi connectivity index (χ4n) is 5.31. The number of nitrogens with zero attached hydrogens (tertiary/aromatic N) is 3. The number of fused-ring (bicyclic) bond motifs is 1. The number of aromatic amines is 1. The van der Waals surface area contributed by atoms with Crippen molar-refractivity contribution in [1.29, 1.82) is 0 Å². The van der Waals surface area contributed by atoms with E-state index in [2.05, 4.69) is 19.8 Å². The van der Waals surface area contributed by atoms with Crippen molar-refractivity contribution in [1.82, 2.24) is 14.9 Å². The van der Waals surface area contributed by atoms with Crippen LogP contribution in [0.25, 0.3) is 11.0 Å². The second-order valence-corrected chi connectivity index (χ2v) is 10.0. The standard InChI is InChI=1S/C28H33ClN4O3/c29-10-3-6-20-4-1-2-5-22(20)19-32-12-14-33(15-13-32)23-7-8-25(28(34)35)26(17-23)36-24-16-21-9-11-30-27(21)31-18-24/h7-9,11,16-18H,1-6,10,12-15,19H2,(H,30,31)(H,34,35). The molecule has 1 fully saturated rings. The third kappa shape index (κ3) is 5.68. The molecule has 0 atom stereocenters. The molecule has 2 aliphatic rings. The topological polar surface area (TPSA) is 81.7 Å². The van der Waals surface area contributed by atoms with Crippen LogP contribution < -0.4 is 9.64 Å². The molecule has 2 aromatic heterocycles. The molecule has 0 radical (unpaired) electrons. The van der Waals surface area contributed by atoms with Gasteiger partial charge in [-0.1, -0.05) is 11.1 Å². The number of aromatic carboxylic acids is 1. The number of carboxylic acid groups (broad SMARTS) is 1. The van der Waals surface area contributed by atoms with Crippen LogP contribution in [0.1, 0.15) is 48.9 Å². The highest BCUT2D eigenvalue weighted by Gasteiger charge is 2.22. The fourth-order valence-corrected chi connectivity index (χ4v) is 5.44. The molecule has 36 heavy (non-hydrogen) atoms. The molecule has 3 heterocycles. The van der Waals surface area contributed by atoms with Gasteiger partial charge in [0.2, 0.25) is 0 Å². The summed E-state index contributed by atoms with van der Waals surface area (Å²) in [5, 5.41) is 10.6. The van der Waals surface area contributed by atoms with E-state index in [0.29, 0.717) is 11.5 Å². The van der Waals surface area contributed by atoms with E-state index in [9.17, 15) is 9.90 Å². The van der Waals surface area contributed by atoms with Gasteiger partial charge in [-0.3, -0.25) is 4.90 Å². The molecule has 8 heteroatoms. The number of carbonyl (C=O) groups is 1. The summed E-state index contributed by atoms with van der Waals surface area (Å²) in [6, 6.07) is 9.13. The Bertz CT molecular complexity index is 1250. The Morgan fingerprint density at radius 3 is 2.67 bits per heavy atom. The van der Waals surface area contributed by atoms with E-state index in [4.69, 9.17) is 16.3 Å². The Morgan fingerprint density at radius 1 is 1.08 bits per heavy atom. The van der Waals surface area contributed by atoms with E-state index in [0.717, 1.165) is 68.2 Å². The zero-order valence-electron chi connectivity index (χ0n) is 20.5. The minimum atomic E-state index is -1.01. The number of aromatic nitrogens is 2. The lowest BCUT2D eigenvalue weighted by Gasteiger charge is -2.37. The Balaban J connectivity index is 1.27. The predicted octanol–water partition coefficient (Wildman–Crippen LogP) is 6.07. The largest absolute Gasteiger partial charge is 0.478 e. The molecule has 2 N–H and O–H groups in total. The lowest BCUT2D eigenvalue weighted by atomic mass is 9.89. The molecule has 1 aliphatic heterocycles. The lowest BCUT2D eigenvalue weighted by Crippen LogP contribution is -2.47. The zero-order valence-corrected chi connectivity index (χ0v) is 21.3. The highest BCUT2D eigenvalue weighted by atomic mass is 35.5. The normalized spacial score (nSPS) is 17.1. The average Bonchev–Trinajstić information content (AvgIpc) is 3.36. The maximum absolute atomic E-state index is 11.9. The number of piperazine rings is 1. The van der Waals surface area contributed by atoms with Gasteiger partial charge in [-0.25, -0.2) is 9.78 Å². The first kappa shape index (κ1) is 24.7. The van der Waals surface area contributed by atoms with Gasteiger partial charge in [-0.15, -0.1) is 11.6 Å². The van der Waals surface area contributed by atoms with E-state index in [1.54, 1.807) is 23.4 Å². The number of carboxylic acids is 1. The van der Waals surface area contributed by atoms with Crippen molar-refractivity contribution in [2.75, 3.05) is 43.5 Å². The summed E-state index contributed by atoms with van der Waals surface area (Å²) in [4.78, 5) is 24.1. The molecule has 0 spiro atoms. The quantitative estimate of drug-likeness (QED) is 0.270. The second-order valence-electron chi connectivity index (χ2n) is 9.64. The van der Waals surface area contributed by atoms with Crippen molar-refractivity contribution in [2.45, 2.75) is 38.5 Å². The van der Waals surface area contributed by atoms with Crippen LogP contribution in [0.3, 0.4) is 0 Å². The smallest absolute Gasteiger partial charge is 0.339 e. The summed E-state index contributed by atoms with van der Waals surface area (Å²) in [5.74, 6) is 0.564. The molecule has 1 saturated heterocycles. The van der Waals surface area contributed by atoms with Crippen molar-refractivity contribution in [3.8, 4) is 11.5 Å². The zero-order chi connectivity index (χ0) is 24.9. The number of halogens is 1. The number of H-pyrrole nitrogens is 1. The number of hydrogen-bond donors (Lipinski definition) is 2.